The van der Waals surface area contributed by atoms with Gasteiger partial charge < -0.3 is 5.32 Å². The molecule has 0 heterocycles. The molecule has 0 amide bonds. The average molecular weight is 223 g/mol. The van der Waals surface area contributed by atoms with E-state index >= 15 is 0 Å². The lowest BCUT2D eigenvalue weighted by Gasteiger charge is -2.31. The number of likely N-dealkylation sites (N-methyl/N-ethyl adjacent to an activating group) is 1. The van der Waals surface area contributed by atoms with Crippen molar-refractivity contribution in [3.63, 3.8) is 0 Å². The molecule has 0 aromatic rings. The molecule has 1 unspecified atom stereocenters. The van der Waals surface area contributed by atoms with Crippen LogP contribution in [0, 0.1) is 5.41 Å². The molecule has 0 spiro atoms. The molecule has 1 aliphatic rings. The summed E-state index contributed by atoms with van der Waals surface area (Å²) in [4.78, 5) is 0.564. The van der Waals surface area contributed by atoms with Gasteiger partial charge in [0.05, 0.1) is 5.41 Å². The second kappa shape index (κ2) is 3.53. The molecule has 1 atom stereocenters. The zero-order valence-electron chi connectivity index (χ0n) is 7.94. The molecule has 0 saturated carbocycles. The summed E-state index contributed by atoms with van der Waals surface area (Å²) in [5.41, 5.74) is -1.35. The van der Waals surface area contributed by atoms with E-state index in [1.54, 1.807) is 7.05 Å². The largest absolute Gasteiger partial charge is 0.397 e. The lowest BCUT2D eigenvalue weighted by atomic mass is 9.82. The molecule has 0 aromatic heterocycles. The van der Waals surface area contributed by atoms with E-state index < -0.39 is 11.6 Å². The third-order valence-electron chi connectivity index (χ3n) is 2.38. The summed E-state index contributed by atoms with van der Waals surface area (Å²) >= 11 is 4.07. The number of nitrogens with one attached hydrogen (secondary N) is 1. The summed E-state index contributed by atoms with van der Waals surface area (Å²) in [6.07, 6.45) is -1.60. The Kier molecular flexibility index (Phi) is 2.90. The Bertz CT molecular complexity index is 293. The Morgan fingerprint density at radius 1 is 1.50 bits per heavy atom. The lowest BCUT2D eigenvalue weighted by molar-refractivity contribution is -0.199. The molecule has 14 heavy (non-hydrogen) atoms. The molecule has 0 aliphatic heterocycles. The fourth-order valence-corrected chi connectivity index (χ4v) is 1.54. The highest BCUT2D eigenvalue weighted by molar-refractivity contribution is 7.84. The summed E-state index contributed by atoms with van der Waals surface area (Å²) in [5, 5.41) is 2.70. The maximum Gasteiger partial charge on any atom is 0.397 e. The van der Waals surface area contributed by atoms with Gasteiger partial charge in [-0.05, 0) is 19.4 Å². The molecule has 1 nitrogen and oxygen atoms in total. The Balaban J connectivity index is 3.04. The van der Waals surface area contributed by atoms with Gasteiger partial charge in [0.1, 0.15) is 0 Å². The molecule has 1 N–H and O–H groups in total. The Morgan fingerprint density at radius 2 is 2.07 bits per heavy atom. The van der Waals surface area contributed by atoms with E-state index in [-0.39, 0.29) is 6.42 Å². The molecular weight excluding hydrogens is 211 g/mol. The van der Waals surface area contributed by atoms with Crippen molar-refractivity contribution in [3.8, 4) is 0 Å². The van der Waals surface area contributed by atoms with E-state index in [9.17, 15) is 13.2 Å². The number of hydrogen-bond donors (Lipinski definition) is 2. The Labute approximate surface area is 86.5 Å². The monoisotopic (exact) mass is 223 g/mol. The molecule has 1 aliphatic carbocycles. The van der Waals surface area contributed by atoms with Gasteiger partial charge in [-0.1, -0.05) is 6.08 Å². The van der Waals surface area contributed by atoms with E-state index in [1.165, 1.54) is 19.1 Å². The van der Waals surface area contributed by atoms with Crippen molar-refractivity contribution in [1.29, 1.82) is 0 Å². The number of hydrogen-bond acceptors (Lipinski definition) is 2. The lowest BCUT2D eigenvalue weighted by Crippen LogP contribution is -2.35. The quantitative estimate of drug-likeness (QED) is 0.651. The topological polar surface area (TPSA) is 12.0 Å². The van der Waals surface area contributed by atoms with Crippen LogP contribution in [0.4, 0.5) is 13.2 Å². The third-order valence-corrected chi connectivity index (χ3v) is 2.80. The van der Waals surface area contributed by atoms with Crippen LogP contribution >= 0.6 is 12.6 Å². The van der Waals surface area contributed by atoms with Crippen LogP contribution in [0.3, 0.4) is 0 Å². The van der Waals surface area contributed by atoms with Crippen molar-refractivity contribution < 1.29 is 13.2 Å². The standard InChI is InChI=1S/C9H12F3NS/c1-8(9(10,11)12)4-3-7(14)6(5-8)13-2/h3,5,13-14H,4H2,1-2H3. The summed E-state index contributed by atoms with van der Waals surface area (Å²) in [7, 11) is 1.58. The molecule has 80 valence electrons. The smallest absolute Gasteiger partial charge is 0.387 e. The predicted molar refractivity (Wildman–Crippen MR) is 53.0 cm³/mol. The van der Waals surface area contributed by atoms with Gasteiger partial charge in [-0.15, -0.1) is 12.6 Å². The number of allylic oxidation sites excluding steroid dienone is 2. The van der Waals surface area contributed by atoms with Crippen molar-refractivity contribution in [2.75, 3.05) is 7.05 Å². The summed E-state index contributed by atoms with van der Waals surface area (Å²) in [6.45, 7) is 1.18. The van der Waals surface area contributed by atoms with Crippen molar-refractivity contribution >= 4 is 12.6 Å². The van der Waals surface area contributed by atoms with Crippen LogP contribution in [0.2, 0.25) is 0 Å². The fourth-order valence-electron chi connectivity index (χ4n) is 1.27. The van der Waals surface area contributed by atoms with Gasteiger partial charge >= 0.3 is 6.18 Å². The third kappa shape index (κ3) is 1.92. The molecule has 5 heteroatoms. The molecular formula is C9H12F3NS. The number of halogens is 3. The van der Waals surface area contributed by atoms with Gasteiger partial charge in [0.2, 0.25) is 0 Å². The minimum atomic E-state index is -4.22. The van der Waals surface area contributed by atoms with Crippen LogP contribution in [-0.4, -0.2) is 13.2 Å². The van der Waals surface area contributed by atoms with Gasteiger partial charge in [-0.2, -0.15) is 13.2 Å². The highest BCUT2D eigenvalue weighted by atomic mass is 32.1. The van der Waals surface area contributed by atoms with E-state index in [0.717, 1.165) is 0 Å². The highest BCUT2D eigenvalue weighted by Crippen LogP contribution is 2.46. The van der Waals surface area contributed by atoms with Crippen LogP contribution < -0.4 is 5.32 Å². The zero-order valence-corrected chi connectivity index (χ0v) is 8.84. The van der Waals surface area contributed by atoms with Crippen molar-refractivity contribution in [2.24, 2.45) is 5.41 Å². The average Bonchev–Trinajstić information content (AvgIpc) is 2.07. The van der Waals surface area contributed by atoms with Crippen LogP contribution in [-0.2, 0) is 0 Å². The molecule has 0 saturated heterocycles. The fraction of sp³-hybridized carbons (Fsp3) is 0.556. The minimum Gasteiger partial charge on any atom is -0.387 e. The highest BCUT2D eigenvalue weighted by Gasteiger charge is 2.50. The van der Waals surface area contributed by atoms with Crippen LogP contribution in [0.5, 0.6) is 0 Å². The predicted octanol–water partition coefficient (Wildman–Crippen LogP) is 2.88. The molecule has 0 radical (unpaired) electrons. The van der Waals surface area contributed by atoms with E-state index in [0.29, 0.717) is 10.6 Å². The van der Waals surface area contributed by atoms with E-state index in [4.69, 9.17) is 0 Å². The second-order valence-electron chi connectivity index (χ2n) is 3.52. The molecule has 0 aromatic carbocycles. The van der Waals surface area contributed by atoms with E-state index in [2.05, 4.69) is 17.9 Å². The maximum atomic E-state index is 12.6. The molecule has 0 fully saturated rings. The van der Waals surface area contributed by atoms with Gasteiger partial charge in [0, 0.05) is 17.6 Å². The minimum absolute atomic E-state index is 0.0550. The second-order valence-corrected chi connectivity index (χ2v) is 4.00. The SMILES string of the molecule is CNC1=CC(C)(C(F)(F)F)CC=C1S. The van der Waals surface area contributed by atoms with Gasteiger partial charge in [-0.25, -0.2) is 0 Å². The first-order valence-corrected chi connectivity index (χ1v) is 4.62. The van der Waals surface area contributed by atoms with E-state index in [1.807, 2.05) is 0 Å². The molecule has 1 rings (SSSR count). The van der Waals surface area contributed by atoms with Crippen LogP contribution in [0.15, 0.2) is 22.8 Å². The number of alkyl halides is 3. The first-order valence-electron chi connectivity index (χ1n) is 4.17. The first kappa shape index (κ1) is 11.5. The first-order chi connectivity index (χ1) is 6.30. The van der Waals surface area contributed by atoms with Gasteiger partial charge in [0.15, 0.2) is 0 Å². The zero-order chi connectivity index (χ0) is 11.0. The molecule has 0 bridgehead atoms. The Hall–Kier alpha value is -0.580. The van der Waals surface area contributed by atoms with Crippen LogP contribution in [0.25, 0.3) is 0 Å². The normalized spacial score (nSPS) is 28.1. The maximum absolute atomic E-state index is 12.6. The number of thiol groups is 1. The number of rotatable bonds is 1. The Morgan fingerprint density at radius 3 is 2.50 bits per heavy atom. The summed E-state index contributed by atoms with van der Waals surface area (Å²) < 4.78 is 37.9. The van der Waals surface area contributed by atoms with Crippen molar-refractivity contribution in [1.82, 2.24) is 5.32 Å². The summed E-state index contributed by atoms with van der Waals surface area (Å²) in [5.74, 6) is 0. The van der Waals surface area contributed by atoms with Crippen molar-refractivity contribution in [2.45, 2.75) is 19.5 Å². The summed E-state index contributed by atoms with van der Waals surface area (Å²) in [6, 6.07) is 0. The van der Waals surface area contributed by atoms with Crippen LogP contribution in [0.1, 0.15) is 13.3 Å². The van der Waals surface area contributed by atoms with Gasteiger partial charge in [0.25, 0.3) is 0 Å². The van der Waals surface area contributed by atoms with Crippen molar-refractivity contribution in [3.05, 3.63) is 22.8 Å². The van der Waals surface area contributed by atoms with Gasteiger partial charge in [-0.3, -0.25) is 0 Å².